The van der Waals surface area contributed by atoms with Gasteiger partial charge in [0.2, 0.25) is 0 Å². The van der Waals surface area contributed by atoms with Crippen LogP contribution in [0.1, 0.15) is 5.56 Å². The molecule has 0 spiro atoms. The van der Waals surface area contributed by atoms with Gasteiger partial charge >= 0.3 is 36.9 Å². The maximum absolute atomic E-state index is 8.56. The minimum Gasteiger partial charge on any atom is -0.489 e. The summed E-state index contributed by atoms with van der Waals surface area (Å²) < 4.78 is 5.34. The fourth-order valence-corrected chi connectivity index (χ4v) is 1.06. The Kier molecular flexibility index (Phi) is 31.3. The van der Waals surface area contributed by atoms with Crippen molar-refractivity contribution >= 4 is 43.0 Å². The lowest BCUT2D eigenvalue weighted by atomic mass is 10.1. The summed E-state index contributed by atoms with van der Waals surface area (Å²) in [5.41, 5.74) is 1.17. The van der Waals surface area contributed by atoms with Gasteiger partial charge in [0, 0.05) is 5.56 Å². The van der Waals surface area contributed by atoms with Crippen LogP contribution >= 0.6 is 0 Å². The highest BCUT2D eigenvalue weighted by atomic mass is 16.6. The second kappa shape index (κ2) is 27.4. The van der Waals surface area contributed by atoms with E-state index in [1.807, 2.05) is 30.3 Å². The standard InChI is InChI=1S/C9H8O.6CH2O3/c1-2-6-9-8(4-1)5-3-7-10-9;6*2-1(3)4/h1-6H,7H2;6*(H2,2,3,4). The molecule has 1 heterocycles. The smallest absolute Gasteiger partial charge is 0.489 e. The van der Waals surface area contributed by atoms with E-state index in [4.69, 9.17) is 94.8 Å². The van der Waals surface area contributed by atoms with Gasteiger partial charge in [0.25, 0.3) is 0 Å². The van der Waals surface area contributed by atoms with E-state index in [0.717, 1.165) is 5.75 Å². The molecule has 0 saturated heterocycles. The first kappa shape index (κ1) is 38.9. The van der Waals surface area contributed by atoms with E-state index in [1.165, 1.54) is 5.56 Å². The van der Waals surface area contributed by atoms with Gasteiger partial charge < -0.3 is 66.0 Å². The van der Waals surface area contributed by atoms with Crippen molar-refractivity contribution in [1.29, 1.82) is 0 Å². The van der Waals surface area contributed by atoms with E-state index in [-0.39, 0.29) is 0 Å². The van der Waals surface area contributed by atoms with Gasteiger partial charge in [-0.3, -0.25) is 0 Å². The van der Waals surface area contributed by atoms with Gasteiger partial charge in [-0.2, -0.15) is 0 Å². The van der Waals surface area contributed by atoms with Gasteiger partial charge in [0.1, 0.15) is 12.4 Å². The molecule has 0 fully saturated rings. The molecule has 1 aromatic rings. The molecule has 0 aliphatic carbocycles. The summed E-state index contributed by atoms with van der Waals surface area (Å²) in [5.74, 6) is 0.991. The number of fused-ring (bicyclic) bond motifs is 1. The molecule has 0 amide bonds. The van der Waals surface area contributed by atoms with Crippen molar-refractivity contribution in [2.45, 2.75) is 0 Å². The van der Waals surface area contributed by atoms with Crippen LogP contribution in [0.4, 0.5) is 28.8 Å². The number of hydrogen-bond donors (Lipinski definition) is 12. The van der Waals surface area contributed by atoms with Gasteiger partial charge in [-0.1, -0.05) is 24.3 Å². The van der Waals surface area contributed by atoms with E-state index in [9.17, 15) is 0 Å². The van der Waals surface area contributed by atoms with Crippen molar-refractivity contribution in [3.8, 4) is 5.75 Å². The zero-order valence-corrected chi connectivity index (χ0v) is 16.4. The van der Waals surface area contributed by atoms with Crippen molar-refractivity contribution in [2.24, 2.45) is 0 Å². The van der Waals surface area contributed by atoms with Crippen LogP contribution in [0, 0.1) is 0 Å². The first-order chi connectivity index (χ1) is 15.4. The Morgan fingerprint density at radius 2 is 0.794 bits per heavy atom. The molecule has 2 rings (SSSR count). The predicted molar refractivity (Wildman–Crippen MR) is 105 cm³/mol. The minimum atomic E-state index is -1.83. The minimum absolute atomic E-state index is 0.705. The molecule has 12 N–H and O–H groups in total. The molecule has 194 valence electrons. The summed E-state index contributed by atoms with van der Waals surface area (Å²) >= 11 is 0. The molecule has 1 aliphatic heterocycles. The van der Waals surface area contributed by atoms with Crippen molar-refractivity contribution < 1.29 is 94.8 Å². The largest absolute Gasteiger partial charge is 0.503 e. The third-order valence-corrected chi connectivity index (χ3v) is 1.55. The van der Waals surface area contributed by atoms with E-state index in [1.54, 1.807) is 0 Å². The molecule has 0 saturated carbocycles. The number of para-hydroxylation sites is 1. The molecular weight excluding hydrogens is 484 g/mol. The predicted octanol–water partition coefficient (Wildman–Crippen LogP) is 3.43. The van der Waals surface area contributed by atoms with Crippen LogP contribution in [-0.4, -0.2) is 105 Å². The molecule has 1 aromatic carbocycles. The third-order valence-electron chi connectivity index (χ3n) is 1.55. The highest BCUT2D eigenvalue weighted by molar-refractivity contribution is 5.59. The van der Waals surface area contributed by atoms with Gasteiger partial charge in [-0.15, -0.1) is 0 Å². The maximum atomic E-state index is 8.56. The molecule has 0 unspecified atom stereocenters. The highest BCUT2D eigenvalue weighted by Crippen LogP contribution is 2.21. The van der Waals surface area contributed by atoms with Crippen LogP contribution in [-0.2, 0) is 0 Å². The van der Waals surface area contributed by atoms with Crippen molar-refractivity contribution in [1.82, 2.24) is 0 Å². The first-order valence-corrected chi connectivity index (χ1v) is 7.26. The Labute approximate surface area is 187 Å². The molecular formula is C15H20O19. The summed E-state index contributed by atoms with van der Waals surface area (Å²) in [7, 11) is 0. The summed E-state index contributed by atoms with van der Waals surface area (Å²) in [5, 5.41) is 83.7. The lowest BCUT2D eigenvalue weighted by Crippen LogP contribution is -1.98. The zero-order valence-electron chi connectivity index (χ0n) is 16.4. The van der Waals surface area contributed by atoms with Crippen LogP contribution in [0.25, 0.3) is 6.08 Å². The van der Waals surface area contributed by atoms with Crippen LogP contribution in [0.15, 0.2) is 30.3 Å². The Morgan fingerprint density at radius 3 is 1.06 bits per heavy atom. The molecule has 0 aromatic heterocycles. The van der Waals surface area contributed by atoms with Gasteiger partial charge in [0.15, 0.2) is 0 Å². The SMILES string of the molecule is C1=Cc2ccccc2OC1.O=C(O)O.O=C(O)O.O=C(O)O.O=C(O)O.O=C(O)O.O=C(O)O. The third kappa shape index (κ3) is 111. The van der Waals surface area contributed by atoms with Crippen LogP contribution in [0.3, 0.4) is 0 Å². The monoisotopic (exact) mass is 504 g/mol. The summed E-state index contributed by atoms with van der Waals surface area (Å²) in [6.07, 6.45) is -6.90. The van der Waals surface area contributed by atoms with Gasteiger partial charge in [-0.25, -0.2) is 28.8 Å². The fourth-order valence-electron chi connectivity index (χ4n) is 1.06. The number of rotatable bonds is 0. The normalized spacial score (nSPS) is 8.35. The number of benzene rings is 1. The first-order valence-electron chi connectivity index (χ1n) is 7.26. The van der Waals surface area contributed by atoms with E-state index in [0.29, 0.717) is 6.61 Å². The number of ether oxygens (including phenoxy) is 1. The molecule has 34 heavy (non-hydrogen) atoms. The molecule has 0 atom stereocenters. The topological polar surface area (TPSA) is 354 Å². The Bertz CT molecular complexity index is 652. The van der Waals surface area contributed by atoms with Crippen molar-refractivity contribution in [3.05, 3.63) is 35.9 Å². The molecule has 19 heteroatoms. The highest BCUT2D eigenvalue weighted by Gasteiger charge is 2.01. The van der Waals surface area contributed by atoms with E-state index < -0.39 is 36.9 Å². The van der Waals surface area contributed by atoms with Crippen LogP contribution < -0.4 is 4.74 Å². The van der Waals surface area contributed by atoms with E-state index >= 15 is 0 Å². The number of hydrogen-bond acceptors (Lipinski definition) is 7. The summed E-state index contributed by atoms with van der Waals surface area (Å²) in [4.78, 5) is 51.3. The molecule has 19 nitrogen and oxygen atoms in total. The molecule has 0 bridgehead atoms. The summed E-state index contributed by atoms with van der Waals surface area (Å²) in [6.45, 7) is 0.705. The lowest BCUT2D eigenvalue weighted by molar-refractivity contribution is 0.135. The number of carbonyl (C=O) groups is 6. The zero-order chi connectivity index (χ0) is 28.3. The summed E-state index contributed by atoms with van der Waals surface area (Å²) in [6, 6.07) is 8.03. The quantitative estimate of drug-likeness (QED) is 0.240. The van der Waals surface area contributed by atoms with Crippen LogP contribution in [0.2, 0.25) is 0 Å². The van der Waals surface area contributed by atoms with Crippen molar-refractivity contribution in [3.63, 3.8) is 0 Å². The average Bonchev–Trinajstić information content (AvgIpc) is 2.59. The lowest BCUT2D eigenvalue weighted by Gasteiger charge is -2.10. The average molecular weight is 504 g/mol. The van der Waals surface area contributed by atoms with Crippen LogP contribution in [0.5, 0.6) is 5.75 Å². The molecule has 1 aliphatic rings. The van der Waals surface area contributed by atoms with Crippen molar-refractivity contribution in [2.75, 3.05) is 6.61 Å². The Balaban J connectivity index is -0.000000102. The Morgan fingerprint density at radius 1 is 0.529 bits per heavy atom. The fraction of sp³-hybridized carbons (Fsp3) is 0.0667. The second-order valence-corrected chi connectivity index (χ2v) is 3.95. The Hall–Kier alpha value is -5.62. The van der Waals surface area contributed by atoms with Gasteiger partial charge in [0.05, 0.1) is 0 Å². The van der Waals surface area contributed by atoms with Gasteiger partial charge in [-0.05, 0) is 12.1 Å². The van der Waals surface area contributed by atoms with E-state index in [2.05, 4.69) is 6.08 Å². The maximum Gasteiger partial charge on any atom is 0.503 e. The number of carboxylic acid groups (broad SMARTS) is 12. The second-order valence-electron chi connectivity index (χ2n) is 3.95. The molecule has 0 radical (unpaired) electrons.